The van der Waals surface area contributed by atoms with Crippen molar-refractivity contribution < 1.29 is 17.6 Å². The van der Waals surface area contributed by atoms with Crippen molar-refractivity contribution in [1.29, 1.82) is 0 Å². The largest absolute Gasteiger partial charge is 0.419 e. The van der Waals surface area contributed by atoms with Gasteiger partial charge in [0.2, 0.25) is 0 Å². The van der Waals surface area contributed by atoms with Crippen LogP contribution in [0.25, 0.3) is 11.3 Å². The maximum absolute atomic E-state index is 13.7. The number of alkyl halides is 3. The van der Waals surface area contributed by atoms with Crippen molar-refractivity contribution in [3.05, 3.63) is 33.6 Å². The number of benzene rings is 1. The van der Waals surface area contributed by atoms with Gasteiger partial charge in [0.15, 0.2) is 5.82 Å². The lowest BCUT2D eigenvalue weighted by molar-refractivity contribution is -0.139. The Morgan fingerprint density at radius 2 is 1.84 bits per heavy atom. The van der Waals surface area contributed by atoms with Crippen LogP contribution in [0.15, 0.2) is 12.1 Å². The first-order valence-electron chi connectivity index (χ1n) is 4.77. The van der Waals surface area contributed by atoms with Gasteiger partial charge in [-0.05, 0) is 6.07 Å². The van der Waals surface area contributed by atoms with Crippen LogP contribution in [-0.4, -0.2) is 10.2 Å². The first-order chi connectivity index (χ1) is 8.71. The average molecular weight is 314 g/mol. The molecule has 1 heterocycles. The van der Waals surface area contributed by atoms with E-state index in [2.05, 4.69) is 10.2 Å². The van der Waals surface area contributed by atoms with E-state index >= 15 is 0 Å². The fourth-order valence-corrected chi connectivity index (χ4v) is 2.15. The van der Waals surface area contributed by atoms with Crippen LogP contribution in [0.3, 0.4) is 0 Å². The Morgan fingerprint density at radius 1 is 1.21 bits per heavy atom. The molecule has 0 fully saturated rings. The number of H-pyrrole nitrogens is 1. The highest BCUT2D eigenvalue weighted by molar-refractivity contribution is 6.39. The minimum Gasteiger partial charge on any atom is -0.384 e. The smallest absolute Gasteiger partial charge is 0.384 e. The molecule has 0 aliphatic rings. The van der Waals surface area contributed by atoms with Gasteiger partial charge in [-0.1, -0.05) is 23.2 Å². The van der Waals surface area contributed by atoms with Gasteiger partial charge in [-0.2, -0.15) is 18.3 Å². The highest BCUT2D eigenvalue weighted by Crippen LogP contribution is 2.42. The third-order valence-electron chi connectivity index (χ3n) is 2.32. The Kier molecular flexibility index (Phi) is 3.36. The summed E-state index contributed by atoms with van der Waals surface area (Å²) in [5.74, 6) is -1.46. The lowest BCUT2D eigenvalue weighted by Crippen LogP contribution is -2.09. The van der Waals surface area contributed by atoms with Gasteiger partial charge in [-0.25, -0.2) is 4.39 Å². The standard InChI is InChI=1S/C10H5Cl2F4N3/c11-4-1-3(10(14,15)16)9(13)8(12)7(4)5-2-6(17)19-18-5/h1-2H,(H3,17,18,19). The van der Waals surface area contributed by atoms with E-state index in [9.17, 15) is 17.6 Å². The van der Waals surface area contributed by atoms with Gasteiger partial charge >= 0.3 is 6.18 Å². The van der Waals surface area contributed by atoms with Gasteiger partial charge in [-0.15, -0.1) is 0 Å². The van der Waals surface area contributed by atoms with E-state index in [1.807, 2.05) is 0 Å². The van der Waals surface area contributed by atoms with E-state index < -0.39 is 22.6 Å². The van der Waals surface area contributed by atoms with Crippen molar-refractivity contribution in [2.24, 2.45) is 0 Å². The number of aromatic amines is 1. The Morgan fingerprint density at radius 3 is 2.32 bits per heavy atom. The normalized spacial score (nSPS) is 11.9. The molecule has 2 aromatic rings. The Bertz CT molecular complexity index is 636. The zero-order valence-corrected chi connectivity index (χ0v) is 10.5. The SMILES string of the molecule is Nc1cc(-c2c(Cl)cc(C(F)(F)F)c(F)c2Cl)n[nH]1. The third kappa shape index (κ3) is 2.48. The van der Waals surface area contributed by atoms with Gasteiger partial charge in [0.25, 0.3) is 0 Å². The number of rotatable bonds is 1. The van der Waals surface area contributed by atoms with Gasteiger partial charge < -0.3 is 5.73 Å². The van der Waals surface area contributed by atoms with Crippen LogP contribution in [0.1, 0.15) is 5.56 Å². The van der Waals surface area contributed by atoms with Crippen molar-refractivity contribution in [3.63, 3.8) is 0 Å². The molecular formula is C10H5Cl2F4N3. The first-order valence-corrected chi connectivity index (χ1v) is 5.53. The van der Waals surface area contributed by atoms with E-state index in [-0.39, 0.29) is 22.1 Å². The van der Waals surface area contributed by atoms with Crippen LogP contribution in [0, 0.1) is 5.82 Å². The second-order valence-corrected chi connectivity index (χ2v) is 4.40. The molecule has 1 aromatic carbocycles. The molecule has 0 atom stereocenters. The Hall–Kier alpha value is -1.47. The molecule has 0 spiro atoms. The van der Waals surface area contributed by atoms with Crippen molar-refractivity contribution in [3.8, 4) is 11.3 Å². The third-order valence-corrected chi connectivity index (χ3v) is 2.97. The average Bonchev–Trinajstić information content (AvgIpc) is 2.69. The minimum atomic E-state index is -4.89. The van der Waals surface area contributed by atoms with E-state index in [1.54, 1.807) is 0 Å². The Labute approximate surface area is 114 Å². The highest BCUT2D eigenvalue weighted by atomic mass is 35.5. The number of hydrogen-bond acceptors (Lipinski definition) is 2. The zero-order chi connectivity index (χ0) is 14.4. The monoisotopic (exact) mass is 313 g/mol. The second kappa shape index (κ2) is 4.57. The molecule has 0 amide bonds. The van der Waals surface area contributed by atoms with Crippen molar-refractivity contribution >= 4 is 29.0 Å². The van der Waals surface area contributed by atoms with E-state index in [1.165, 1.54) is 6.07 Å². The molecule has 0 saturated heterocycles. The van der Waals surface area contributed by atoms with Crippen molar-refractivity contribution in [1.82, 2.24) is 10.2 Å². The summed E-state index contributed by atoms with van der Waals surface area (Å²) in [5, 5.41) is 4.90. The van der Waals surface area contributed by atoms with Gasteiger partial charge in [0, 0.05) is 11.6 Å². The maximum Gasteiger partial charge on any atom is 0.419 e. The maximum atomic E-state index is 13.7. The van der Waals surface area contributed by atoms with Crippen LogP contribution < -0.4 is 5.73 Å². The molecule has 102 valence electrons. The summed E-state index contributed by atoms with van der Waals surface area (Å²) in [6.07, 6.45) is -4.89. The molecule has 0 aliphatic heterocycles. The Balaban J connectivity index is 2.69. The number of anilines is 1. The second-order valence-electron chi connectivity index (χ2n) is 3.62. The summed E-state index contributed by atoms with van der Waals surface area (Å²) >= 11 is 11.3. The quantitative estimate of drug-likeness (QED) is 0.614. The summed E-state index contributed by atoms with van der Waals surface area (Å²) in [6, 6.07) is 1.74. The zero-order valence-electron chi connectivity index (χ0n) is 8.95. The molecular weight excluding hydrogens is 309 g/mol. The van der Waals surface area contributed by atoms with Gasteiger partial charge in [-0.3, -0.25) is 5.10 Å². The van der Waals surface area contributed by atoms with Gasteiger partial charge in [0.1, 0.15) is 5.82 Å². The molecule has 3 N–H and O–H groups in total. The molecule has 0 radical (unpaired) electrons. The number of nitrogens with one attached hydrogen (secondary N) is 1. The van der Waals surface area contributed by atoms with Crippen LogP contribution in [-0.2, 0) is 6.18 Å². The number of halogens is 6. The minimum absolute atomic E-state index is 0.0557. The van der Waals surface area contributed by atoms with Crippen molar-refractivity contribution in [2.75, 3.05) is 5.73 Å². The lowest BCUT2D eigenvalue weighted by Gasteiger charge is -2.12. The predicted molar refractivity (Wildman–Crippen MR) is 63.4 cm³/mol. The number of hydrogen-bond donors (Lipinski definition) is 2. The fourth-order valence-electron chi connectivity index (χ4n) is 1.50. The molecule has 0 unspecified atom stereocenters. The van der Waals surface area contributed by atoms with Gasteiger partial charge in [0.05, 0.1) is 21.3 Å². The van der Waals surface area contributed by atoms with E-state index in [4.69, 9.17) is 28.9 Å². The van der Waals surface area contributed by atoms with Crippen LogP contribution >= 0.6 is 23.2 Å². The number of nitrogen functional groups attached to an aromatic ring is 1. The van der Waals surface area contributed by atoms with E-state index in [0.717, 1.165) is 0 Å². The predicted octanol–water partition coefficient (Wildman–Crippen LogP) is 4.12. The van der Waals surface area contributed by atoms with Crippen LogP contribution in [0.2, 0.25) is 10.0 Å². The van der Waals surface area contributed by atoms with Crippen molar-refractivity contribution in [2.45, 2.75) is 6.18 Å². The van der Waals surface area contributed by atoms with Crippen LogP contribution in [0.5, 0.6) is 0 Å². The highest BCUT2D eigenvalue weighted by Gasteiger charge is 2.37. The molecule has 0 aliphatic carbocycles. The molecule has 1 aromatic heterocycles. The topological polar surface area (TPSA) is 54.7 Å². The summed E-state index contributed by atoms with van der Waals surface area (Å²) < 4.78 is 51.3. The summed E-state index contributed by atoms with van der Waals surface area (Å²) in [7, 11) is 0. The summed E-state index contributed by atoms with van der Waals surface area (Å²) in [4.78, 5) is 0. The fraction of sp³-hybridized carbons (Fsp3) is 0.100. The van der Waals surface area contributed by atoms with E-state index in [0.29, 0.717) is 6.07 Å². The molecule has 2 rings (SSSR count). The number of nitrogens with zero attached hydrogens (tertiary/aromatic N) is 1. The van der Waals surface area contributed by atoms with Crippen LogP contribution in [0.4, 0.5) is 23.4 Å². The first kappa shape index (κ1) is 14.0. The number of nitrogens with two attached hydrogens (primary N) is 1. The lowest BCUT2D eigenvalue weighted by atomic mass is 10.1. The molecule has 0 bridgehead atoms. The summed E-state index contributed by atoms with van der Waals surface area (Å²) in [6.45, 7) is 0. The number of aromatic nitrogens is 2. The summed E-state index contributed by atoms with van der Waals surface area (Å²) in [5.41, 5.74) is 3.75. The molecule has 19 heavy (non-hydrogen) atoms. The molecule has 9 heteroatoms. The molecule has 3 nitrogen and oxygen atoms in total. The molecule has 0 saturated carbocycles.